The number of hydrogen-bond donors (Lipinski definition) is 1. The summed E-state index contributed by atoms with van der Waals surface area (Å²) in [6, 6.07) is 12.5. The summed E-state index contributed by atoms with van der Waals surface area (Å²) >= 11 is 0. The van der Waals surface area contributed by atoms with Gasteiger partial charge in [0.25, 0.3) is 0 Å². The third-order valence-corrected chi connectivity index (χ3v) is 6.25. The van der Waals surface area contributed by atoms with Gasteiger partial charge in [0.05, 0.1) is 5.56 Å². The molecule has 6 nitrogen and oxygen atoms in total. The molecule has 3 heterocycles. The van der Waals surface area contributed by atoms with Gasteiger partial charge in [0.1, 0.15) is 11.9 Å². The molecular formula is C24H29N5O. The van der Waals surface area contributed by atoms with Crippen LogP contribution in [0.3, 0.4) is 0 Å². The zero-order chi connectivity index (χ0) is 20.9. The highest BCUT2D eigenvalue weighted by Crippen LogP contribution is 2.22. The van der Waals surface area contributed by atoms with Crippen molar-refractivity contribution >= 4 is 11.7 Å². The van der Waals surface area contributed by atoms with Crippen LogP contribution in [-0.4, -0.2) is 48.5 Å². The summed E-state index contributed by atoms with van der Waals surface area (Å²) < 4.78 is 0. The Hall–Kier alpha value is -2.91. The van der Waals surface area contributed by atoms with Crippen molar-refractivity contribution in [1.29, 1.82) is 5.26 Å². The zero-order valence-corrected chi connectivity index (χ0v) is 17.6. The molecule has 0 aliphatic carbocycles. The highest BCUT2D eigenvalue weighted by molar-refractivity contribution is 5.79. The van der Waals surface area contributed by atoms with Crippen LogP contribution in [0.15, 0.2) is 36.5 Å². The van der Waals surface area contributed by atoms with Crippen LogP contribution in [0.2, 0.25) is 0 Å². The van der Waals surface area contributed by atoms with E-state index >= 15 is 0 Å². The van der Waals surface area contributed by atoms with Crippen LogP contribution in [0.1, 0.15) is 35.1 Å². The maximum atomic E-state index is 12.6. The highest BCUT2D eigenvalue weighted by atomic mass is 16.1. The molecule has 2 aromatic rings. The van der Waals surface area contributed by atoms with Gasteiger partial charge in [0.2, 0.25) is 5.91 Å². The van der Waals surface area contributed by atoms with E-state index in [1.165, 1.54) is 16.7 Å². The average molecular weight is 404 g/mol. The smallest absolute Gasteiger partial charge is 0.223 e. The molecule has 30 heavy (non-hydrogen) atoms. The van der Waals surface area contributed by atoms with Gasteiger partial charge in [-0.15, -0.1) is 0 Å². The van der Waals surface area contributed by atoms with E-state index in [0.717, 1.165) is 57.8 Å². The number of benzene rings is 1. The summed E-state index contributed by atoms with van der Waals surface area (Å²) in [7, 11) is 0. The van der Waals surface area contributed by atoms with Gasteiger partial charge >= 0.3 is 0 Å². The molecule has 0 saturated carbocycles. The van der Waals surface area contributed by atoms with Crippen LogP contribution in [0, 0.1) is 24.2 Å². The van der Waals surface area contributed by atoms with Gasteiger partial charge in [-0.1, -0.05) is 23.8 Å². The van der Waals surface area contributed by atoms with Crippen molar-refractivity contribution in [2.45, 2.75) is 32.7 Å². The van der Waals surface area contributed by atoms with E-state index in [1.54, 1.807) is 12.3 Å². The molecule has 1 aromatic carbocycles. The summed E-state index contributed by atoms with van der Waals surface area (Å²) in [6.07, 6.45) is 4.37. The van der Waals surface area contributed by atoms with E-state index in [4.69, 9.17) is 5.26 Å². The lowest BCUT2D eigenvalue weighted by molar-refractivity contribution is -0.125. The van der Waals surface area contributed by atoms with Crippen LogP contribution < -0.4 is 10.2 Å². The molecule has 0 bridgehead atoms. The second kappa shape index (κ2) is 9.27. The summed E-state index contributed by atoms with van der Waals surface area (Å²) in [4.78, 5) is 21.6. The van der Waals surface area contributed by atoms with E-state index < -0.39 is 0 Å². The number of aromatic nitrogens is 1. The summed E-state index contributed by atoms with van der Waals surface area (Å²) in [6.45, 7) is 7.42. The summed E-state index contributed by atoms with van der Waals surface area (Å²) in [5.74, 6) is 1.13. The molecule has 0 spiro atoms. The van der Waals surface area contributed by atoms with Gasteiger partial charge in [0.15, 0.2) is 0 Å². The van der Waals surface area contributed by atoms with Crippen LogP contribution >= 0.6 is 0 Å². The quantitative estimate of drug-likeness (QED) is 0.831. The number of anilines is 1. The highest BCUT2D eigenvalue weighted by Gasteiger charge is 2.25. The van der Waals surface area contributed by atoms with Crippen molar-refractivity contribution in [3.05, 3.63) is 58.8 Å². The molecule has 0 radical (unpaired) electrons. The first kappa shape index (κ1) is 20.4. The molecule has 6 heteroatoms. The predicted molar refractivity (Wildman–Crippen MR) is 117 cm³/mol. The Bertz CT molecular complexity index is 926. The third-order valence-electron chi connectivity index (χ3n) is 6.25. The van der Waals surface area contributed by atoms with Crippen molar-refractivity contribution in [2.75, 3.05) is 37.6 Å². The fourth-order valence-electron chi connectivity index (χ4n) is 4.42. The number of fused-ring (bicyclic) bond motifs is 1. The first-order valence-electron chi connectivity index (χ1n) is 10.8. The maximum absolute atomic E-state index is 12.6. The second-order valence-electron chi connectivity index (χ2n) is 8.37. The molecule has 2 aliphatic heterocycles. The summed E-state index contributed by atoms with van der Waals surface area (Å²) in [5, 5.41) is 12.0. The van der Waals surface area contributed by atoms with Crippen molar-refractivity contribution in [2.24, 2.45) is 5.92 Å². The van der Waals surface area contributed by atoms with Crippen molar-refractivity contribution in [3.63, 3.8) is 0 Å². The minimum absolute atomic E-state index is 0.0738. The minimum Gasteiger partial charge on any atom is -0.357 e. The monoisotopic (exact) mass is 403 g/mol. The lowest BCUT2D eigenvalue weighted by Crippen LogP contribution is -2.43. The molecule has 1 N–H and O–H groups in total. The fourth-order valence-corrected chi connectivity index (χ4v) is 4.42. The SMILES string of the molecule is Cc1ccc2c(c1)CCN(CCNC(=O)C1CCN(c3ccc(C#N)cn3)CC1)C2. The molecule has 1 fully saturated rings. The lowest BCUT2D eigenvalue weighted by Gasteiger charge is -2.32. The Kier molecular flexibility index (Phi) is 6.29. The van der Waals surface area contributed by atoms with Crippen LogP contribution in [-0.2, 0) is 17.8 Å². The maximum Gasteiger partial charge on any atom is 0.223 e. The minimum atomic E-state index is 0.0738. The van der Waals surface area contributed by atoms with Gasteiger partial charge in [-0.3, -0.25) is 9.69 Å². The van der Waals surface area contributed by atoms with E-state index in [9.17, 15) is 4.79 Å². The Morgan fingerprint density at radius 3 is 2.77 bits per heavy atom. The molecule has 0 atom stereocenters. The van der Waals surface area contributed by atoms with Gasteiger partial charge in [0, 0.05) is 51.4 Å². The third kappa shape index (κ3) is 4.80. The predicted octanol–water partition coefficient (Wildman–Crippen LogP) is 2.65. The number of rotatable bonds is 5. The van der Waals surface area contributed by atoms with E-state index in [1.807, 2.05) is 6.07 Å². The number of nitrogens with zero attached hydrogens (tertiary/aromatic N) is 4. The van der Waals surface area contributed by atoms with Gasteiger partial charge in [-0.2, -0.15) is 5.26 Å². The fraction of sp³-hybridized carbons (Fsp3) is 0.458. The first-order valence-corrected chi connectivity index (χ1v) is 10.8. The standard InChI is InChI=1S/C24H29N5O/c1-18-2-4-22-17-28(10-6-21(22)14-18)13-9-26-24(30)20-7-11-29(12-8-20)23-5-3-19(15-25)16-27-23/h2-5,14,16,20H,6-13,17H2,1H3,(H,26,30). The molecular weight excluding hydrogens is 374 g/mol. The van der Waals surface area contributed by atoms with Crippen LogP contribution in [0.5, 0.6) is 0 Å². The number of nitrogens with one attached hydrogen (secondary N) is 1. The number of carbonyl (C=O) groups is 1. The van der Waals surface area contributed by atoms with Gasteiger partial charge < -0.3 is 10.2 Å². The molecule has 156 valence electrons. The first-order chi connectivity index (χ1) is 14.6. The number of nitriles is 1. The largest absolute Gasteiger partial charge is 0.357 e. The van der Waals surface area contributed by atoms with E-state index in [0.29, 0.717) is 12.1 Å². The Morgan fingerprint density at radius 1 is 1.20 bits per heavy atom. The molecule has 4 rings (SSSR count). The summed E-state index contributed by atoms with van der Waals surface area (Å²) in [5.41, 5.74) is 4.79. The lowest BCUT2D eigenvalue weighted by atomic mass is 9.96. The average Bonchev–Trinajstić information content (AvgIpc) is 2.79. The van der Waals surface area contributed by atoms with Crippen molar-refractivity contribution in [3.8, 4) is 6.07 Å². The van der Waals surface area contributed by atoms with Gasteiger partial charge in [-0.05, 0) is 49.4 Å². The van der Waals surface area contributed by atoms with Crippen molar-refractivity contribution < 1.29 is 4.79 Å². The van der Waals surface area contributed by atoms with Crippen molar-refractivity contribution in [1.82, 2.24) is 15.2 Å². The molecule has 0 unspecified atom stereocenters. The van der Waals surface area contributed by atoms with Crippen LogP contribution in [0.25, 0.3) is 0 Å². The molecule has 2 aliphatic rings. The van der Waals surface area contributed by atoms with Crippen LogP contribution in [0.4, 0.5) is 5.82 Å². The number of aryl methyl sites for hydroxylation is 1. The molecule has 1 amide bonds. The topological polar surface area (TPSA) is 72.3 Å². The van der Waals surface area contributed by atoms with E-state index in [-0.39, 0.29) is 11.8 Å². The Balaban J connectivity index is 1.19. The number of piperidine rings is 1. The number of amides is 1. The molecule has 1 aromatic heterocycles. The van der Waals surface area contributed by atoms with Gasteiger partial charge in [-0.25, -0.2) is 4.98 Å². The van der Waals surface area contributed by atoms with E-state index in [2.05, 4.69) is 51.3 Å². The number of carbonyl (C=O) groups excluding carboxylic acids is 1. The Morgan fingerprint density at radius 2 is 2.03 bits per heavy atom. The second-order valence-corrected chi connectivity index (χ2v) is 8.37. The Labute approximate surface area is 178 Å². The number of hydrogen-bond acceptors (Lipinski definition) is 5. The number of pyridine rings is 1. The normalized spacial score (nSPS) is 17.3. The zero-order valence-electron chi connectivity index (χ0n) is 17.6. The molecule has 1 saturated heterocycles.